The molecule has 0 rings (SSSR count). The lowest BCUT2D eigenvalue weighted by molar-refractivity contribution is -0.130. The maximum atomic E-state index is 10.4. The second kappa shape index (κ2) is 6.10. The minimum atomic E-state index is -3.36. The van der Waals surface area contributed by atoms with Crippen molar-refractivity contribution >= 4 is 33.9 Å². The van der Waals surface area contributed by atoms with Crippen molar-refractivity contribution in [3.05, 3.63) is 12.2 Å². The molecule has 14 heavy (non-hydrogen) atoms. The lowest BCUT2D eigenvalue weighted by Crippen LogP contribution is -2.02. The van der Waals surface area contributed by atoms with Gasteiger partial charge >= 0.3 is 33.9 Å². The fourth-order valence-corrected chi connectivity index (χ4v) is 0.759. The summed E-state index contributed by atoms with van der Waals surface area (Å²) < 4.78 is 46.3. The second-order valence-corrected chi connectivity index (χ2v) is 2.86. The molecule has 0 saturated heterocycles. The van der Waals surface area contributed by atoms with E-state index < -0.39 is 33.9 Å². The lowest BCUT2D eigenvalue weighted by Gasteiger charge is -1.88. The zero-order chi connectivity index (χ0) is 11.1. The van der Waals surface area contributed by atoms with Crippen LogP contribution in [-0.2, 0) is 39.9 Å². The smallest absolute Gasteiger partial charge is 0.344 e. The summed E-state index contributed by atoms with van der Waals surface area (Å²) in [6, 6.07) is 0. The van der Waals surface area contributed by atoms with Crippen molar-refractivity contribution in [3.63, 3.8) is 0 Å². The normalized spacial score (nSPS) is 10.7. The summed E-state index contributed by atoms with van der Waals surface area (Å²) in [6.45, 7) is 0. The van der Waals surface area contributed by atoms with Gasteiger partial charge in [-0.05, 0) is 0 Å². The molecule has 0 aliphatic carbocycles. The maximum Gasteiger partial charge on any atom is 0.346 e. The molecule has 8 nitrogen and oxygen atoms in total. The van der Waals surface area contributed by atoms with E-state index in [4.69, 9.17) is 0 Å². The molecule has 0 aromatic carbocycles. The number of hydrogen-bond donors (Lipinski definition) is 2. The Kier molecular flexibility index (Phi) is 5.48. The predicted octanol–water partition coefficient (Wildman–Crippen LogP) is -2.32. The molecule has 0 aliphatic heterocycles. The van der Waals surface area contributed by atoms with E-state index in [1.807, 2.05) is 0 Å². The van der Waals surface area contributed by atoms with Crippen LogP contribution in [-0.4, -0.2) is 28.8 Å². The molecule has 0 spiro atoms. The molecule has 0 bridgehead atoms. The van der Waals surface area contributed by atoms with Crippen molar-refractivity contribution in [2.45, 2.75) is 0 Å². The Labute approximate surface area is 81.4 Å². The van der Waals surface area contributed by atoms with Gasteiger partial charge in [-0.3, -0.25) is 0 Å². The number of thiol groups is 2. The first-order valence-electron chi connectivity index (χ1n) is 2.82. The highest BCUT2D eigenvalue weighted by atomic mass is 32.2. The molecule has 0 saturated carbocycles. The molecule has 0 aromatic rings. The molecule has 10 heteroatoms. The van der Waals surface area contributed by atoms with Gasteiger partial charge in [-0.25, -0.2) is 9.59 Å². The molecule has 0 unspecified atom stereocenters. The van der Waals surface area contributed by atoms with Crippen LogP contribution in [0.3, 0.4) is 0 Å². The molecule has 0 aliphatic rings. The van der Waals surface area contributed by atoms with Crippen LogP contribution in [0.25, 0.3) is 0 Å². The SMILES string of the molecule is O=C(/C=C\C(=O)O[SH](=O)=O)O[SH](=O)=O. The van der Waals surface area contributed by atoms with Crippen LogP contribution in [0.15, 0.2) is 12.2 Å². The van der Waals surface area contributed by atoms with Crippen LogP contribution in [0.4, 0.5) is 0 Å². The summed E-state index contributed by atoms with van der Waals surface area (Å²) in [5, 5.41) is 0. The molecule has 0 amide bonds. The zero-order valence-electron chi connectivity index (χ0n) is 6.32. The molecule has 0 radical (unpaired) electrons. The fraction of sp³-hybridized carbons (Fsp3) is 0. The van der Waals surface area contributed by atoms with Crippen molar-refractivity contribution < 1.29 is 34.8 Å². The number of hydrogen-bond acceptors (Lipinski definition) is 8. The first-order valence-corrected chi connectivity index (χ1v) is 5.01. The minimum absolute atomic E-state index is 0.409. The van der Waals surface area contributed by atoms with Crippen LogP contribution in [0.2, 0.25) is 0 Å². The van der Waals surface area contributed by atoms with E-state index >= 15 is 0 Å². The summed E-state index contributed by atoms with van der Waals surface area (Å²) in [4.78, 5) is 20.8. The first-order chi connectivity index (χ1) is 6.41. The third-order valence-corrected chi connectivity index (χ3v) is 1.34. The van der Waals surface area contributed by atoms with Gasteiger partial charge in [0, 0.05) is 12.2 Å². The van der Waals surface area contributed by atoms with Gasteiger partial charge in [-0.2, -0.15) is 16.8 Å². The second-order valence-electron chi connectivity index (χ2n) is 1.60. The van der Waals surface area contributed by atoms with Crippen molar-refractivity contribution in [2.75, 3.05) is 0 Å². The first kappa shape index (κ1) is 12.6. The van der Waals surface area contributed by atoms with Crippen LogP contribution >= 0.6 is 0 Å². The van der Waals surface area contributed by atoms with Gasteiger partial charge in [0.05, 0.1) is 0 Å². The Morgan fingerprint density at radius 2 is 1.07 bits per heavy atom. The Balaban J connectivity index is 4.17. The number of rotatable bonds is 4. The van der Waals surface area contributed by atoms with Gasteiger partial charge in [-0.15, -0.1) is 0 Å². The topological polar surface area (TPSA) is 121 Å². The van der Waals surface area contributed by atoms with E-state index in [2.05, 4.69) is 8.37 Å². The monoisotopic (exact) mass is 244 g/mol. The molecule has 0 aromatic heterocycles. The van der Waals surface area contributed by atoms with Gasteiger partial charge in [0.25, 0.3) is 0 Å². The molecule has 0 heterocycles. The van der Waals surface area contributed by atoms with Gasteiger partial charge in [0.2, 0.25) is 0 Å². The largest absolute Gasteiger partial charge is 0.346 e. The summed E-state index contributed by atoms with van der Waals surface area (Å²) >= 11 is 0. The molecule has 0 atom stereocenters. The molecular formula is C4H4O8S2. The molecule has 0 N–H and O–H groups in total. The third kappa shape index (κ3) is 7.24. The van der Waals surface area contributed by atoms with Crippen molar-refractivity contribution in [1.82, 2.24) is 0 Å². The number of carbonyl (C=O) groups excluding carboxylic acids is 2. The van der Waals surface area contributed by atoms with E-state index in [-0.39, 0.29) is 0 Å². The Bertz CT molecular complexity index is 346. The highest BCUT2D eigenvalue weighted by Gasteiger charge is 2.01. The number of carbonyl (C=O) groups is 2. The van der Waals surface area contributed by atoms with Crippen molar-refractivity contribution in [3.8, 4) is 0 Å². The lowest BCUT2D eigenvalue weighted by atomic mass is 10.5. The van der Waals surface area contributed by atoms with Gasteiger partial charge in [0.1, 0.15) is 0 Å². The van der Waals surface area contributed by atoms with E-state index in [1.54, 1.807) is 0 Å². The Hall–Kier alpha value is -1.42. The van der Waals surface area contributed by atoms with E-state index in [0.29, 0.717) is 12.2 Å². The van der Waals surface area contributed by atoms with Crippen LogP contribution in [0.1, 0.15) is 0 Å². The average molecular weight is 244 g/mol. The van der Waals surface area contributed by atoms with Crippen molar-refractivity contribution in [2.24, 2.45) is 0 Å². The summed E-state index contributed by atoms with van der Waals surface area (Å²) in [7, 11) is -6.72. The van der Waals surface area contributed by atoms with E-state index in [0.717, 1.165) is 0 Å². The summed E-state index contributed by atoms with van der Waals surface area (Å²) in [6.07, 6.45) is 0.818. The molecule has 80 valence electrons. The summed E-state index contributed by atoms with van der Waals surface area (Å²) in [5.74, 6) is -2.67. The third-order valence-electron chi connectivity index (χ3n) is 0.685. The van der Waals surface area contributed by atoms with E-state index in [9.17, 15) is 26.4 Å². The Morgan fingerprint density at radius 3 is 1.29 bits per heavy atom. The van der Waals surface area contributed by atoms with Crippen LogP contribution in [0.5, 0.6) is 0 Å². The van der Waals surface area contributed by atoms with Gasteiger partial charge in [0.15, 0.2) is 0 Å². The fourth-order valence-electron chi connectivity index (χ4n) is 0.344. The van der Waals surface area contributed by atoms with Crippen LogP contribution < -0.4 is 0 Å². The Morgan fingerprint density at radius 1 is 0.786 bits per heavy atom. The quantitative estimate of drug-likeness (QED) is 0.417. The highest BCUT2D eigenvalue weighted by Crippen LogP contribution is 1.85. The van der Waals surface area contributed by atoms with Gasteiger partial charge < -0.3 is 8.37 Å². The zero-order valence-corrected chi connectivity index (χ0v) is 8.10. The maximum absolute atomic E-state index is 10.4. The van der Waals surface area contributed by atoms with Crippen LogP contribution in [0, 0.1) is 0 Å². The minimum Gasteiger partial charge on any atom is -0.344 e. The van der Waals surface area contributed by atoms with Crippen molar-refractivity contribution in [1.29, 1.82) is 0 Å². The highest BCUT2D eigenvalue weighted by molar-refractivity contribution is 7.67. The predicted molar refractivity (Wildman–Crippen MR) is 42.0 cm³/mol. The average Bonchev–Trinajstić information content (AvgIpc) is 1.98. The van der Waals surface area contributed by atoms with E-state index in [1.165, 1.54) is 0 Å². The van der Waals surface area contributed by atoms with Gasteiger partial charge in [-0.1, -0.05) is 0 Å². The summed E-state index contributed by atoms with van der Waals surface area (Å²) in [5.41, 5.74) is 0. The molecule has 0 fully saturated rings. The molecular weight excluding hydrogens is 240 g/mol. The standard InChI is InChI=1S/C4H4O8S2/c5-3(11-13(7)8)1-2-4(6)12-14(9)10/h1-2,13-14H/b2-1-.